The number of hydrogen-bond donors (Lipinski definition) is 1. The summed E-state index contributed by atoms with van der Waals surface area (Å²) in [6.07, 6.45) is 1.82. The molecule has 1 amide bonds. The minimum absolute atomic E-state index is 0.0779. The van der Waals surface area contributed by atoms with Crippen molar-refractivity contribution in [3.63, 3.8) is 0 Å². The van der Waals surface area contributed by atoms with Crippen LogP contribution >= 0.6 is 15.9 Å². The zero-order chi connectivity index (χ0) is 11.5. The second-order valence-corrected chi connectivity index (χ2v) is 5.05. The quantitative estimate of drug-likeness (QED) is 0.901. The Hall–Kier alpha value is -0.870. The molecule has 4 heteroatoms. The smallest absolute Gasteiger partial charge is 0.239 e. The van der Waals surface area contributed by atoms with Crippen molar-refractivity contribution in [1.82, 2.24) is 4.90 Å². The fraction of sp³-hybridized carbons (Fsp3) is 0.417. The molecule has 3 nitrogen and oxygen atoms in total. The predicted molar refractivity (Wildman–Crippen MR) is 66.8 cm³/mol. The second kappa shape index (κ2) is 4.97. The summed E-state index contributed by atoms with van der Waals surface area (Å²) in [6, 6.07) is 7.73. The molecule has 1 aromatic carbocycles. The molecule has 2 N–H and O–H groups in total. The number of nitrogens with two attached hydrogens (primary N) is 1. The van der Waals surface area contributed by atoms with Crippen LogP contribution in [-0.2, 0) is 11.3 Å². The van der Waals surface area contributed by atoms with E-state index in [1.807, 2.05) is 29.2 Å². The van der Waals surface area contributed by atoms with E-state index in [0.717, 1.165) is 29.4 Å². The summed E-state index contributed by atoms with van der Waals surface area (Å²) in [5.74, 6) is 0.0779. The Bertz CT molecular complexity index is 377. The van der Waals surface area contributed by atoms with Crippen LogP contribution in [0.4, 0.5) is 0 Å². The van der Waals surface area contributed by atoms with Gasteiger partial charge in [0.15, 0.2) is 0 Å². The number of hydrogen-bond acceptors (Lipinski definition) is 2. The van der Waals surface area contributed by atoms with E-state index in [0.29, 0.717) is 6.54 Å². The van der Waals surface area contributed by atoms with Crippen molar-refractivity contribution < 1.29 is 4.79 Å². The van der Waals surface area contributed by atoms with Crippen LogP contribution in [0.2, 0.25) is 0 Å². The van der Waals surface area contributed by atoms with Gasteiger partial charge in [0.05, 0.1) is 6.04 Å². The summed E-state index contributed by atoms with van der Waals surface area (Å²) in [5, 5.41) is 0. The fourth-order valence-electron chi connectivity index (χ4n) is 1.94. The van der Waals surface area contributed by atoms with Crippen LogP contribution in [0.3, 0.4) is 0 Å². The second-order valence-electron chi connectivity index (χ2n) is 4.13. The van der Waals surface area contributed by atoms with Crippen LogP contribution < -0.4 is 5.73 Å². The van der Waals surface area contributed by atoms with Gasteiger partial charge in [-0.15, -0.1) is 0 Å². The van der Waals surface area contributed by atoms with Crippen molar-refractivity contribution in [1.29, 1.82) is 0 Å². The van der Waals surface area contributed by atoms with Crippen molar-refractivity contribution in [3.8, 4) is 0 Å². The van der Waals surface area contributed by atoms with Gasteiger partial charge in [0.1, 0.15) is 0 Å². The Balaban J connectivity index is 2.03. The molecule has 0 bridgehead atoms. The molecule has 0 aromatic heterocycles. The van der Waals surface area contributed by atoms with E-state index in [1.54, 1.807) is 0 Å². The number of amides is 1. The van der Waals surface area contributed by atoms with Gasteiger partial charge < -0.3 is 10.6 Å². The number of benzene rings is 1. The number of carbonyl (C=O) groups excluding carboxylic acids is 1. The molecule has 0 radical (unpaired) electrons. The lowest BCUT2D eigenvalue weighted by atomic mass is 10.0. The molecule has 1 aromatic rings. The molecule has 86 valence electrons. The van der Waals surface area contributed by atoms with E-state index in [2.05, 4.69) is 15.9 Å². The Kier molecular flexibility index (Phi) is 3.61. The van der Waals surface area contributed by atoms with Gasteiger partial charge in [-0.1, -0.05) is 28.1 Å². The van der Waals surface area contributed by atoms with E-state index in [4.69, 9.17) is 5.73 Å². The number of nitrogens with zero attached hydrogens (tertiary/aromatic N) is 1. The minimum atomic E-state index is -0.302. The van der Waals surface area contributed by atoms with Crippen molar-refractivity contribution in [2.45, 2.75) is 25.4 Å². The summed E-state index contributed by atoms with van der Waals surface area (Å²) < 4.78 is 1.05. The van der Waals surface area contributed by atoms with Crippen molar-refractivity contribution in [3.05, 3.63) is 34.3 Å². The topological polar surface area (TPSA) is 46.3 Å². The largest absolute Gasteiger partial charge is 0.337 e. The first-order valence-electron chi connectivity index (χ1n) is 5.45. The lowest BCUT2D eigenvalue weighted by Gasteiger charge is -2.30. The predicted octanol–water partition coefficient (Wildman–Crippen LogP) is 1.90. The molecule has 2 rings (SSSR count). The number of piperidine rings is 1. The van der Waals surface area contributed by atoms with Crippen LogP contribution in [0.1, 0.15) is 18.4 Å². The molecule has 1 saturated heterocycles. The Labute approximate surface area is 104 Å². The van der Waals surface area contributed by atoms with E-state index < -0.39 is 0 Å². The maximum Gasteiger partial charge on any atom is 0.239 e. The monoisotopic (exact) mass is 282 g/mol. The molecular weight excluding hydrogens is 268 g/mol. The third-order valence-corrected chi connectivity index (χ3v) is 3.39. The third-order valence-electron chi connectivity index (χ3n) is 2.86. The Morgan fingerprint density at radius 1 is 1.38 bits per heavy atom. The van der Waals surface area contributed by atoms with E-state index in [1.165, 1.54) is 0 Å². The molecule has 0 aliphatic carbocycles. The van der Waals surface area contributed by atoms with E-state index in [9.17, 15) is 4.79 Å². The molecule has 16 heavy (non-hydrogen) atoms. The third kappa shape index (κ3) is 2.62. The molecule has 1 unspecified atom stereocenters. The van der Waals surface area contributed by atoms with Crippen molar-refractivity contribution >= 4 is 21.8 Å². The zero-order valence-electron chi connectivity index (χ0n) is 9.03. The van der Waals surface area contributed by atoms with Crippen LogP contribution in [0.5, 0.6) is 0 Å². The highest BCUT2D eigenvalue weighted by molar-refractivity contribution is 9.10. The van der Waals surface area contributed by atoms with Gasteiger partial charge >= 0.3 is 0 Å². The molecule has 0 spiro atoms. The fourth-order valence-corrected chi connectivity index (χ4v) is 2.20. The minimum Gasteiger partial charge on any atom is -0.337 e. The molecular formula is C12H15BrN2O. The summed E-state index contributed by atoms with van der Waals surface area (Å²) in [5.41, 5.74) is 6.89. The maximum absolute atomic E-state index is 11.8. The Morgan fingerprint density at radius 2 is 2.06 bits per heavy atom. The van der Waals surface area contributed by atoms with E-state index in [-0.39, 0.29) is 11.9 Å². The van der Waals surface area contributed by atoms with Gasteiger partial charge in [-0.2, -0.15) is 0 Å². The standard InChI is InChI=1S/C12H15BrN2O/c13-10-5-3-9(4-6-10)8-15-7-1-2-11(14)12(15)16/h3-6,11H,1-2,7-8,14H2. The van der Waals surface area contributed by atoms with Crippen molar-refractivity contribution in [2.24, 2.45) is 5.73 Å². The molecule has 0 saturated carbocycles. The summed E-state index contributed by atoms with van der Waals surface area (Å²) in [4.78, 5) is 13.6. The number of rotatable bonds is 2. The summed E-state index contributed by atoms with van der Waals surface area (Å²) in [7, 11) is 0. The maximum atomic E-state index is 11.8. The van der Waals surface area contributed by atoms with Crippen LogP contribution in [-0.4, -0.2) is 23.4 Å². The van der Waals surface area contributed by atoms with Gasteiger partial charge in [-0.25, -0.2) is 0 Å². The van der Waals surface area contributed by atoms with Gasteiger partial charge in [0, 0.05) is 17.6 Å². The van der Waals surface area contributed by atoms with Crippen LogP contribution in [0.15, 0.2) is 28.7 Å². The average Bonchev–Trinajstić information content (AvgIpc) is 2.28. The highest BCUT2D eigenvalue weighted by Crippen LogP contribution is 2.16. The highest BCUT2D eigenvalue weighted by atomic mass is 79.9. The van der Waals surface area contributed by atoms with E-state index >= 15 is 0 Å². The molecule has 1 heterocycles. The van der Waals surface area contributed by atoms with Gasteiger partial charge in [0.25, 0.3) is 0 Å². The number of halogens is 1. The number of likely N-dealkylation sites (tertiary alicyclic amines) is 1. The average molecular weight is 283 g/mol. The zero-order valence-corrected chi connectivity index (χ0v) is 10.6. The normalized spacial score (nSPS) is 21.2. The van der Waals surface area contributed by atoms with Gasteiger partial charge in [0.2, 0.25) is 5.91 Å². The van der Waals surface area contributed by atoms with Gasteiger partial charge in [-0.05, 0) is 30.5 Å². The summed E-state index contributed by atoms with van der Waals surface area (Å²) in [6.45, 7) is 1.49. The van der Waals surface area contributed by atoms with Gasteiger partial charge in [-0.3, -0.25) is 4.79 Å². The summed E-state index contributed by atoms with van der Waals surface area (Å²) >= 11 is 3.39. The van der Waals surface area contributed by atoms with Crippen LogP contribution in [0.25, 0.3) is 0 Å². The first kappa shape index (κ1) is 11.6. The molecule has 1 atom stereocenters. The molecule has 1 aliphatic rings. The lowest BCUT2D eigenvalue weighted by Crippen LogP contribution is -2.47. The molecule has 1 fully saturated rings. The highest BCUT2D eigenvalue weighted by Gasteiger charge is 2.25. The SMILES string of the molecule is NC1CCCN(Cc2ccc(Br)cc2)C1=O. The molecule has 1 aliphatic heterocycles. The first-order chi connectivity index (χ1) is 7.66. The van der Waals surface area contributed by atoms with Crippen molar-refractivity contribution in [2.75, 3.05) is 6.54 Å². The number of carbonyl (C=O) groups is 1. The lowest BCUT2D eigenvalue weighted by molar-refractivity contribution is -0.135. The first-order valence-corrected chi connectivity index (χ1v) is 6.25. The Morgan fingerprint density at radius 3 is 2.75 bits per heavy atom. The van der Waals surface area contributed by atoms with Crippen LogP contribution in [0, 0.1) is 0 Å².